The van der Waals surface area contributed by atoms with Gasteiger partial charge in [0, 0.05) is 39.3 Å². The number of rotatable bonds is 6. The van der Waals surface area contributed by atoms with Gasteiger partial charge in [-0.25, -0.2) is 0 Å². The quantitative estimate of drug-likeness (QED) is 0.751. The van der Waals surface area contributed by atoms with E-state index in [1.807, 2.05) is 0 Å². The number of anilines is 2. The van der Waals surface area contributed by atoms with E-state index in [1.165, 1.54) is 23.6 Å². The van der Waals surface area contributed by atoms with Crippen LogP contribution in [0.2, 0.25) is 0 Å². The first-order valence-corrected chi connectivity index (χ1v) is 9.11. The molecule has 0 bridgehead atoms. The van der Waals surface area contributed by atoms with Crippen LogP contribution in [-0.2, 0) is 32.0 Å². The summed E-state index contributed by atoms with van der Waals surface area (Å²) in [7, 11) is 3.33. The minimum Gasteiger partial charge on any atom is -0.481 e. The molecule has 0 radical (unpaired) electrons. The summed E-state index contributed by atoms with van der Waals surface area (Å²) in [6, 6.07) is 13.8. The number of carbonyl (C=O) groups excluding carboxylic acids is 2. The molecule has 2 amide bonds. The van der Waals surface area contributed by atoms with Crippen LogP contribution in [0, 0.1) is 0 Å². The summed E-state index contributed by atoms with van der Waals surface area (Å²) < 4.78 is 0. The van der Waals surface area contributed by atoms with Gasteiger partial charge in [-0.2, -0.15) is 0 Å². The van der Waals surface area contributed by atoms with Crippen molar-refractivity contribution < 1.29 is 29.4 Å². The van der Waals surface area contributed by atoms with Crippen LogP contribution in [0.25, 0.3) is 0 Å². The number of benzene rings is 2. The second-order valence-corrected chi connectivity index (χ2v) is 6.63. The first-order chi connectivity index (χ1) is 14.0. The molecule has 0 fully saturated rings. The van der Waals surface area contributed by atoms with Crippen LogP contribution >= 0.6 is 0 Å². The minimum atomic E-state index is -0.877. The van der Waals surface area contributed by atoms with Crippen molar-refractivity contribution in [2.75, 3.05) is 23.9 Å². The van der Waals surface area contributed by atoms with Crippen molar-refractivity contribution in [1.82, 2.24) is 0 Å². The number of hydrogen-bond donors (Lipinski definition) is 2. The zero-order valence-electron chi connectivity index (χ0n) is 17.5. The largest absolute Gasteiger partial charge is 0.481 e. The third-order valence-corrected chi connectivity index (χ3v) is 4.28. The number of carboxylic acid groups (broad SMARTS) is 2. The van der Waals surface area contributed by atoms with Gasteiger partial charge in [0.1, 0.15) is 0 Å². The fourth-order valence-electron chi connectivity index (χ4n) is 2.43. The molecule has 2 aromatic rings. The molecule has 0 saturated carbocycles. The lowest BCUT2D eigenvalue weighted by molar-refractivity contribution is -0.137. The maximum atomic E-state index is 11.1. The summed E-state index contributed by atoms with van der Waals surface area (Å²) in [6.07, 6.45) is -0.0242. The molecule has 0 unspecified atom stereocenters. The van der Waals surface area contributed by atoms with Crippen molar-refractivity contribution >= 4 is 35.1 Å². The molecular weight excluding hydrogens is 388 g/mol. The fraction of sp³-hybridized carbons (Fsp3) is 0.273. The van der Waals surface area contributed by atoms with Gasteiger partial charge in [-0.15, -0.1) is 0 Å². The van der Waals surface area contributed by atoms with Crippen LogP contribution in [0.1, 0.15) is 25.0 Å². The Labute approximate surface area is 175 Å². The Balaban J connectivity index is 0.000000300. The third-order valence-electron chi connectivity index (χ3n) is 4.28. The first kappa shape index (κ1) is 24.4. The summed E-state index contributed by atoms with van der Waals surface area (Å²) in [4.78, 5) is 46.0. The molecule has 0 heterocycles. The zero-order chi connectivity index (χ0) is 22.8. The molecule has 0 aliphatic heterocycles. The van der Waals surface area contributed by atoms with E-state index in [1.54, 1.807) is 62.6 Å². The van der Waals surface area contributed by atoms with Gasteiger partial charge in [0.25, 0.3) is 0 Å². The molecule has 8 nitrogen and oxygen atoms in total. The number of carbonyl (C=O) groups is 4. The van der Waals surface area contributed by atoms with Gasteiger partial charge in [0.05, 0.1) is 12.8 Å². The molecule has 30 heavy (non-hydrogen) atoms. The smallest absolute Gasteiger partial charge is 0.307 e. The molecule has 0 spiro atoms. The molecule has 0 aliphatic carbocycles. The van der Waals surface area contributed by atoms with E-state index in [9.17, 15) is 19.2 Å². The predicted molar refractivity (Wildman–Crippen MR) is 114 cm³/mol. The van der Waals surface area contributed by atoms with Crippen LogP contribution < -0.4 is 9.80 Å². The van der Waals surface area contributed by atoms with Gasteiger partial charge in [-0.05, 0) is 35.4 Å². The summed E-state index contributed by atoms with van der Waals surface area (Å²) in [5.41, 5.74) is 2.88. The lowest BCUT2D eigenvalue weighted by Gasteiger charge is -2.15. The van der Waals surface area contributed by atoms with E-state index < -0.39 is 11.9 Å². The van der Waals surface area contributed by atoms with Gasteiger partial charge in [-0.1, -0.05) is 24.3 Å². The molecule has 2 rings (SSSR count). The molecule has 0 aliphatic rings. The Morgan fingerprint density at radius 1 is 0.700 bits per heavy atom. The standard InChI is InChI=1S/2C11H13NO3/c1-8(13)12(2)10-5-3-9(4-6-10)7-11(14)15;1-8(13)12(2)10-5-3-4-9(6-10)7-11(14)15/h2*3-6H,7H2,1-2H3,(H,14,15). The predicted octanol–water partition coefficient (Wildman–Crippen LogP) is 2.59. The van der Waals surface area contributed by atoms with E-state index in [4.69, 9.17) is 10.2 Å². The second kappa shape index (κ2) is 11.4. The van der Waals surface area contributed by atoms with Crippen molar-refractivity contribution in [2.24, 2.45) is 0 Å². The maximum absolute atomic E-state index is 11.1. The zero-order valence-corrected chi connectivity index (χ0v) is 17.5. The third kappa shape index (κ3) is 8.14. The van der Waals surface area contributed by atoms with Crippen LogP contribution in [0.15, 0.2) is 48.5 Å². The Hall–Kier alpha value is -3.68. The fourth-order valence-corrected chi connectivity index (χ4v) is 2.43. The Morgan fingerprint density at radius 3 is 1.63 bits per heavy atom. The van der Waals surface area contributed by atoms with Crippen LogP contribution in [0.3, 0.4) is 0 Å². The first-order valence-electron chi connectivity index (χ1n) is 9.11. The van der Waals surface area contributed by atoms with Crippen LogP contribution in [-0.4, -0.2) is 48.1 Å². The van der Waals surface area contributed by atoms with Crippen molar-refractivity contribution in [3.05, 3.63) is 59.7 Å². The lowest BCUT2D eigenvalue weighted by Crippen LogP contribution is -2.22. The molecule has 160 valence electrons. The SMILES string of the molecule is CC(=O)N(C)c1ccc(CC(=O)O)cc1.CC(=O)N(C)c1cccc(CC(=O)O)c1. The topological polar surface area (TPSA) is 115 Å². The van der Waals surface area contributed by atoms with Gasteiger partial charge in [-0.3, -0.25) is 19.2 Å². The highest BCUT2D eigenvalue weighted by atomic mass is 16.4. The molecule has 0 aromatic heterocycles. The van der Waals surface area contributed by atoms with E-state index in [0.717, 1.165) is 11.3 Å². The average Bonchev–Trinajstić information content (AvgIpc) is 2.67. The van der Waals surface area contributed by atoms with Gasteiger partial charge in [0.2, 0.25) is 11.8 Å². The van der Waals surface area contributed by atoms with E-state index in [0.29, 0.717) is 11.3 Å². The molecule has 2 aromatic carbocycles. The monoisotopic (exact) mass is 414 g/mol. The van der Waals surface area contributed by atoms with Crippen molar-refractivity contribution in [3.8, 4) is 0 Å². The van der Waals surface area contributed by atoms with Crippen LogP contribution in [0.4, 0.5) is 11.4 Å². The van der Waals surface area contributed by atoms with E-state index in [-0.39, 0.29) is 24.7 Å². The number of aliphatic carboxylic acids is 2. The minimum absolute atomic E-state index is 0.00403. The Kier molecular flexibility index (Phi) is 9.22. The second-order valence-electron chi connectivity index (χ2n) is 6.63. The summed E-state index contributed by atoms with van der Waals surface area (Å²) in [5, 5.41) is 17.2. The molecule has 0 atom stereocenters. The summed E-state index contributed by atoms with van der Waals surface area (Å²) in [5.74, 6) is -1.87. The highest BCUT2D eigenvalue weighted by Gasteiger charge is 2.07. The van der Waals surface area contributed by atoms with Gasteiger partial charge >= 0.3 is 11.9 Å². The molecular formula is C22H26N2O6. The molecule has 0 saturated heterocycles. The van der Waals surface area contributed by atoms with E-state index in [2.05, 4.69) is 0 Å². The lowest BCUT2D eigenvalue weighted by atomic mass is 10.1. The number of hydrogen-bond acceptors (Lipinski definition) is 4. The van der Waals surface area contributed by atoms with Crippen molar-refractivity contribution in [1.29, 1.82) is 0 Å². The Morgan fingerprint density at radius 2 is 1.17 bits per heavy atom. The highest BCUT2D eigenvalue weighted by molar-refractivity contribution is 5.91. The normalized spacial score (nSPS) is 9.73. The van der Waals surface area contributed by atoms with Gasteiger partial charge in [0.15, 0.2) is 0 Å². The van der Waals surface area contributed by atoms with Gasteiger partial charge < -0.3 is 20.0 Å². The molecule has 8 heteroatoms. The van der Waals surface area contributed by atoms with E-state index >= 15 is 0 Å². The van der Waals surface area contributed by atoms with Crippen LogP contribution in [0.5, 0.6) is 0 Å². The number of carboxylic acids is 2. The average molecular weight is 414 g/mol. The maximum Gasteiger partial charge on any atom is 0.307 e. The highest BCUT2D eigenvalue weighted by Crippen LogP contribution is 2.15. The summed E-state index contributed by atoms with van der Waals surface area (Å²) in [6.45, 7) is 2.94. The Bertz CT molecular complexity index is 908. The van der Waals surface area contributed by atoms with Crippen molar-refractivity contribution in [3.63, 3.8) is 0 Å². The molecule has 2 N–H and O–H groups in total. The summed E-state index contributed by atoms with van der Waals surface area (Å²) >= 11 is 0. The number of amides is 2. The van der Waals surface area contributed by atoms with Crippen molar-refractivity contribution in [2.45, 2.75) is 26.7 Å². The number of nitrogens with zero attached hydrogens (tertiary/aromatic N) is 2.